The summed E-state index contributed by atoms with van der Waals surface area (Å²) >= 11 is 0. The molecule has 142 valence electrons. The van der Waals surface area contributed by atoms with Crippen LogP contribution in [0.2, 0.25) is 0 Å². The Balaban J connectivity index is 2.01. The Kier molecular flexibility index (Phi) is 6.26. The second-order valence-corrected chi connectivity index (χ2v) is 8.05. The normalized spacial score (nSPS) is 12.2. The number of carbonyl (C=O) groups excluding carboxylic acids is 1. The molecule has 7 heteroatoms. The van der Waals surface area contributed by atoms with E-state index in [4.69, 9.17) is 9.47 Å². The summed E-state index contributed by atoms with van der Waals surface area (Å²) < 4.78 is 43.3. The smallest absolute Gasteiger partial charge is 0.311 e. The van der Waals surface area contributed by atoms with Gasteiger partial charge < -0.3 is 9.47 Å². The van der Waals surface area contributed by atoms with E-state index < -0.39 is 15.5 Å². The molecule has 0 aliphatic carbocycles. The van der Waals surface area contributed by atoms with E-state index >= 15 is 0 Å². The van der Waals surface area contributed by atoms with Crippen LogP contribution in [0.3, 0.4) is 0 Å². The Morgan fingerprint density at radius 1 is 1.08 bits per heavy atom. The van der Waals surface area contributed by atoms with Gasteiger partial charge >= 0.3 is 5.97 Å². The van der Waals surface area contributed by atoms with Gasteiger partial charge in [0.15, 0.2) is 0 Å². The molecular weight excluding hydrogens is 356 g/mol. The number of rotatable bonds is 8. The number of ether oxygens (including phenoxy) is 2. The van der Waals surface area contributed by atoms with Gasteiger partial charge in [-0.05, 0) is 32.4 Å². The Bertz CT molecular complexity index is 886. The molecule has 2 aromatic carbocycles. The Morgan fingerprint density at radius 2 is 1.73 bits per heavy atom. The maximum Gasteiger partial charge on any atom is 0.311 e. The lowest BCUT2D eigenvalue weighted by Crippen LogP contribution is -2.26. The second-order valence-electron chi connectivity index (χ2n) is 6.66. The monoisotopic (exact) mass is 380 g/mol. The molecule has 6 nitrogen and oxygen atoms in total. The van der Waals surface area contributed by atoms with E-state index in [2.05, 4.69) is 0 Å². The lowest BCUT2D eigenvalue weighted by molar-refractivity contribution is -0.154. The van der Waals surface area contributed by atoms with Crippen LogP contribution in [0.25, 0.3) is 10.8 Å². The van der Waals surface area contributed by atoms with Gasteiger partial charge in [0, 0.05) is 17.2 Å². The molecule has 0 atom stereocenters. The molecule has 0 aliphatic heterocycles. The predicted octanol–water partition coefficient (Wildman–Crippen LogP) is 3.83. The molecule has 2 rings (SSSR count). The summed E-state index contributed by atoms with van der Waals surface area (Å²) in [5.74, 6) is 0.274. The quantitative estimate of drug-likeness (QED) is 0.425. The maximum absolute atomic E-state index is 11.9. The molecule has 2 aromatic rings. The van der Waals surface area contributed by atoms with Gasteiger partial charge in [0.1, 0.15) is 10.6 Å². The van der Waals surface area contributed by atoms with Crippen LogP contribution in [-0.4, -0.2) is 32.2 Å². The van der Waals surface area contributed by atoms with Crippen LogP contribution in [0.5, 0.6) is 5.75 Å². The van der Waals surface area contributed by atoms with E-state index in [1.54, 1.807) is 24.3 Å². The van der Waals surface area contributed by atoms with Crippen molar-refractivity contribution in [2.45, 2.75) is 38.5 Å². The van der Waals surface area contributed by atoms with Gasteiger partial charge in [-0.15, -0.1) is 0 Å². The highest BCUT2D eigenvalue weighted by atomic mass is 32.2. The lowest BCUT2D eigenvalue weighted by Gasteiger charge is -2.20. The van der Waals surface area contributed by atoms with Crippen molar-refractivity contribution in [2.24, 2.45) is 5.41 Å². The molecule has 0 saturated carbocycles. The highest BCUT2D eigenvalue weighted by Crippen LogP contribution is 2.31. The molecule has 0 aromatic heterocycles. The highest BCUT2D eigenvalue weighted by Gasteiger charge is 2.26. The van der Waals surface area contributed by atoms with Gasteiger partial charge in [-0.25, -0.2) is 0 Å². The topological polar surface area (TPSA) is 89.9 Å². The van der Waals surface area contributed by atoms with E-state index in [-0.39, 0.29) is 17.5 Å². The van der Waals surface area contributed by atoms with Gasteiger partial charge in [-0.3, -0.25) is 9.35 Å². The van der Waals surface area contributed by atoms with Gasteiger partial charge in [0.2, 0.25) is 0 Å². The van der Waals surface area contributed by atoms with E-state index in [9.17, 15) is 17.8 Å². The summed E-state index contributed by atoms with van der Waals surface area (Å²) in [6.45, 7) is 6.19. The first-order chi connectivity index (χ1) is 12.2. The molecule has 0 heterocycles. The molecular formula is C19H24O6S. The van der Waals surface area contributed by atoms with E-state index in [1.807, 2.05) is 20.8 Å². The van der Waals surface area contributed by atoms with Crippen LogP contribution in [-0.2, 0) is 19.6 Å². The molecule has 0 unspecified atom stereocenters. The van der Waals surface area contributed by atoms with Crippen molar-refractivity contribution in [3.05, 3.63) is 36.4 Å². The highest BCUT2D eigenvalue weighted by molar-refractivity contribution is 7.86. The van der Waals surface area contributed by atoms with Crippen molar-refractivity contribution in [3.63, 3.8) is 0 Å². The van der Waals surface area contributed by atoms with Crippen molar-refractivity contribution >= 4 is 26.9 Å². The molecule has 0 aliphatic rings. The van der Waals surface area contributed by atoms with Crippen LogP contribution >= 0.6 is 0 Å². The molecule has 0 amide bonds. The number of hydrogen-bond donors (Lipinski definition) is 1. The van der Waals surface area contributed by atoms with Gasteiger partial charge in [-0.2, -0.15) is 8.42 Å². The first-order valence-electron chi connectivity index (χ1n) is 8.46. The maximum atomic E-state index is 11.9. The second kappa shape index (κ2) is 8.05. The third-order valence-electron chi connectivity index (χ3n) is 4.34. The third-order valence-corrected chi connectivity index (χ3v) is 5.25. The fourth-order valence-electron chi connectivity index (χ4n) is 2.34. The van der Waals surface area contributed by atoms with Gasteiger partial charge in [0.05, 0.1) is 18.6 Å². The molecule has 1 N–H and O–H groups in total. The SMILES string of the molecule is CCC(C)(C)C(=O)OCCCOc1ccc(S(=O)(=O)O)c2ccccc12. The molecule has 0 fully saturated rings. The summed E-state index contributed by atoms with van der Waals surface area (Å²) in [5, 5.41) is 0.982. The molecule has 26 heavy (non-hydrogen) atoms. The summed E-state index contributed by atoms with van der Waals surface area (Å²) in [7, 11) is -4.31. The van der Waals surface area contributed by atoms with Crippen molar-refractivity contribution in [2.75, 3.05) is 13.2 Å². The lowest BCUT2D eigenvalue weighted by atomic mass is 9.91. The van der Waals surface area contributed by atoms with Crippen LogP contribution in [0.15, 0.2) is 41.3 Å². The van der Waals surface area contributed by atoms with E-state index in [0.717, 1.165) is 0 Å². The minimum absolute atomic E-state index is 0.156. The minimum Gasteiger partial charge on any atom is -0.493 e. The average molecular weight is 380 g/mol. The van der Waals surface area contributed by atoms with Crippen LogP contribution in [0.1, 0.15) is 33.6 Å². The zero-order valence-electron chi connectivity index (χ0n) is 15.2. The number of benzene rings is 2. The summed E-state index contributed by atoms with van der Waals surface area (Å²) in [4.78, 5) is 11.7. The average Bonchev–Trinajstić information content (AvgIpc) is 2.60. The summed E-state index contributed by atoms with van der Waals surface area (Å²) in [5.41, 5.74) is -0.497. The molecule has 0 radical (unpaired) electrons. The Hall–Kier alpha value is -2.12. The van der Waals surface area contributed by atoms with Crippen LogP contribution in [0, 0.1) is 5.41 Å². The number of esters is 1. The Labute approximate surface area is 153 Å². The fraction of sp³-hybridized carbons (Fsp3) is 0.421. The number of carbonyl (C=O) groups is 1. The van der Waals surface area contributed by atoms with E-state index in [1.165, 1.54) is 12.1 Å². The third kappa shape index (κ3) is 4.74. The predicted molar refractivity (Wildman–Crippen MR) is 98.9 cm³/mol. The molecule has 0 spiro atoms. The first kappa shape index (κ1) is 20.2. The van der Waals surface area contributed by atoms with Crippen molar-refractivity contribution in [1.29, 1.82) is 0 Å². The Morgan fingerprint density at radius 3 is 2.35 bits per heavy atom. The van der Waals surface area contributed by atoms with Crippen LogP contribution < -0.4 is 4.74 Å². The van der Waals surface area contributed by atoms with Gasteiger partial charge in [0.25, 0.3) is 10.1 Å². The van der Waals surface area contributed by atoms with Crippen molar-refractivity contribution in [1.82, 2.24) is 0 Å². The molecule has 0 saturated heterocycles. The summed E-state index contributed by atoms with van der Waals surface area (Å²) in [6.07, 6.45) is 1.22. The van der Waals surface area contributed by atoms with E-state index in [0.29, 0.717) is 36.0 Å². The van der Waals surface area contributed by atoms with Crippen molar-refractivity contribution in [3.8, 4) is 5.75 Å². The largest absolute Gasteiger partial charge is 0.493 e. The van der Waals surface area contributed by atoms with Crippen LogP contribution in [0.4, 0.5) is 0 Å². The fourth-order valence-corrected chi connectivity index (χ4v) is 3.04. The number of fused-ring (bicyclic) bond motifs is 1. The number of hydrogen-bond acceptors (Lipinski definition) is 5. The van der Waals surface area contributed by atoms with Gasteiger partial charge in [-0.1, -0.05) is 31.2 Å². The zero-order valence-corrected chi connectivity index (χ0v) is 16.0. The molecule has 0 bridgehead atoms. The summed E-state index contributed by atoms with van der Waals surface area (Å²) in [6, 6.07) is 9.62. The standard InChI is InChI=1S/C19H24O6S/c1-4-19(2,3)18(20)25-13-7-12-24-16-10-11-17(26(21,22)23)15-9-6-5-8-14(15)16/h5-6,8-11H,4,7,12-13H2,1-3H3,(H,21,22,23). The first-order valence-corrected chi connectivity index (χ1v) is 9.90. The minimum atomic E-state index is -4.31. The van der Waals surface area contributed by atoms with Crippen molar-refractivity contribution < 1.29 is 27.2 Å². The zero-order chi connectivity index (χ0) is 19.4.